The topological polar surface area (TPSA) is 56.7 Å². The number of furan rings is 1. The molecule has 1 aliphatic rings. The van der Waals surface area contributed by atoms with Crippen LogP contribution in [-0.2, 0) is 5.41 Å². The summed E-state index contributed by atoms with van der Waals surface area (Å²) >= 11 is 0. The molecular formula is C42H28N4O. The minimum Gasteiger partial charge on any atom is -0.456 e. The molecule has 5 heteroatoms. The molecule has 10 rings (SSSR count). The summed E-state index contributed by atoms with van der Waals surface area (Å²) in [5.41, 5.74) is -5.15. The fourth-order valence-corrected chi connectivity index (χ4v) is 6.58. The number of fused-ring (bicyclic) bond motifs is 10. The lowest BCUT2D eigenvalue weighted by atomic mass is 9.81. The molecule has 0 aliphatic heterocycles. The molecule has 0 saturated carbocycles. The van der Waals surface area contributed by atoms with Crippen LogP contribution in [0, 0.1) is 0 Å². The van der Waals surface area contributed by atoms with Crippen LogP contribution in [0.2, 0.25) is 0 Å². The van der Waals surface area contributed by atoms with Crippen molar-refractivity contribution in [1.29, 1.82) is 0 Å². The van der Waals surface area contributed by atoms with Crippen LogP contribution in [0.3, 0.4) is 0 Å². The van der Waals surface area contributed by atoms with Gasteiger partial charge in [-0.3, -0.25) is 4.57 Å². The van der Waals surface area contributed by atoms with E-state index in [4.69, 9.17) is 35.8 Å². The van der Waals surface area contributed by atoms with Gasteiger partial charge in [-0.05, 0) is 40.4 Å². The molecule has 3 aromatic heterocycles. The van der Waals surface area contributed by atoms with Crippen LogP contribution in [0.4, 0.5) is 0 Å². The summed E-state index contributed by atoms with van der Waals surface area (Å²) in [7, 11) is 0. The molecule has 9 aromatic rings. The third-order valence-corrected chi connectivity index (χ3v) is 8.59. The Balaban J connectivity index is 1.50. The third kappa shape index (κ3) is 3.62. The largest absolute Gasteiger partial charge is 0.456 e. The van der Waals surface area contributed by atoms with Crippen molar-refractivity contribution in [2.45, 2.75) is 19.1 Å². The highest BCUT2D eigenvalue weighted by Crippen LogP contribution is 2.52. The van der Waals surface area contributed by atoms with Crippen LogP contribution in [0.5, 0.6) is 0 Å². The molecule has 0 unspecified atom stereocenters. The summed E-state index contributed by atoms with van der Waals surface area (Å²) in [6.45, 7) is -7.38. The molecule has 0 N–H and O–H groups in total. The van der Waals surface area contributed by atoms with Crippen molar-refractivity contribution in [3.8, 4) is 39.9 Å². The number of benzene rings is 6. The van der Waals surface area contributed by atoms with Crippen molar-refractivity contribution in [3.05, 3.63) is 144 Å². The van der Waals surface area contributed by atoms with Crippen LogP contribution in [0.25, 0.3) is 83.6 Å². The average Bonchev–Trinajstić information content (AvgIpc) is 3.93. The third-order valence-electron chi connectivity index (χ3n) is 8.59. The quantitative estimate of drug-likeness (QED) is 0.197. The van der Waals surface area contributed by atoms with E-state index >= 15 is 0 Å². The van der Waals surface area contributed by atoms with Crippen LogP contribution < -0.4 is 0 Å². The minimum absolute atomic E-state index is 0.00692. The summed E-state index contributed by atoms with van der Waals surface area (Å²) in [6, 6.07) is 13.0. The Bertz CT molecular complexity index is 3490. The zero-order valence-corrected chi connectivity index (χ0v) is 24.1. The minimum atomic E-state index is -3.69. The predicted octanol–water partition coefficient (Wildman–Crippen LogP) is 10.5. The van der Waals surface area contributed by atoms with Crippen molar-refractivity contribution < 1.29 is 26.3 Å². The van der Waals surface area contributed by atoms with Gasteiger partial charge in [0.2, 0.25) is 5.95 Å². The molecule has 222 valence electrons. The van der Waals surface area contributed by atoms with E-state index in [0.717, 1.165) is 4.57 Å². The first kappa shape index (κ1) is 15.0. The van der Waals surface area contributed by atoms with Gasteiger partial charge in [-0.25, -0.2) is 4.98 Å². The van der Waals surface area contributed by atoms with Crippen LogP contribution in [0.15, 0.2) is 138 Å². The molecule has 5 nitrogen and oxygen atoms in total. The molecule has 0 radical (unpaired) electrons. The smallest absolute Gasteiger partial charge is 0.238 e. The second kappa shape index (κ2) is 9.47. The lowest BCUT2D eigenvalue weighted by molar-refractivity contribution is 0.663. The predicted molar refractivity (Wildman–Crippen MR) is 190 cm³/mol. The van der Waals surface area contributed by atoms with Crippen molar-refractivity contribution in [2.24, 2.45) is 0 Å². The monoisotopic (exact) mass is 620 g/mol. The van der Waals surface area contributed by atoms with Gasteiger partial charge in [0.05, 0.1) is 24.7 Å². The number of nitrogens with zero attached hydrogens (tertiary/aromatic N) is 4. The van der Waals surface area contributed by atoms with E-state index in [1.807, 2.05) is 18.2 Å². The Hall–Kier alpha value is -6.07. The van der Waals surface area contributed by atoms with Crippen molar-refractivity contribution in [2.75, 3.05) is 0 Å². The summed E-state index contributed by atoms with van der Waals surface area (Å²) in [5.74, 6) is -0.377. The lowest BCUT2D eigenvalue weighted by Gasteiger charge is -2.23. The SMILES string of the molecule is [2H]c1c([2H])c([2H])c2c(c1[2H])-c1c([2H])c([2H])c3c4c([2H])c([2H])c([2H])c([2H])c4n(-c4nc(-c5ccccc5)nc(-c5cccc6oc7ccccc7c56)n4)c3c1C2(C([2H])([2H])[2H])C([2H])([2H])[2H]. The van der Waals surface area contributed by atoms with Crippen LogP contribution >= 0.6 is 0 Å². The van der Waals surface area contributed by atoms with E-state index in [1.54, 1.807) is 54.6 Å². The number of hydrogen-bond donors (Lipinski definition) is 0. The highest BCUT2D eigenvalue weighted by Gasteiger charge is 2.38. The van der Waals surface area contributed by atoms with Gasteiger partial charge < -0.3 is 4.42 Å². The highest BCUT2D eigenvalue weighted by atomic mass is 16.3. The molecule has 47 heavy (non-hydrogen) atoms. The van der Waals surface area contributed by atoms with Gasteiger partial charge in [-0.15, -0.1) is 0 Å². The standard InChI is InChI=1S/C42H28N4O/c1-42(2)32-19-9-6-15-26(32)28-23-24-29-27-16-7-10-20-33(27)46(38(29)37(28)42)41-44-39(25-13-4-3-5-14-25)43-40(45-41)31-18-12-22-35-36(31)30-17-8-11-21-34(30)47-35/h3-24H,1-2H3/i1D3,2D3,6D,7D,9D,10D,15D,16D,19D,20D,23D,24D. The molecule has 6 aromatic carbocycles. The van der Waals surface area contributed by atoms with E-state index in [2.05, 4.69) is 0 Å². The number of rotatable bonds is 3. The second-order valence-electron chi connectivity index (χ2n) is 11.2. The van der Waals surface area contributed by atoms with E-state index < -0.39 is 124 Å². The molecule has 0 bridgehead atoms. The fraction of sp³-hybridized carbons (Fsp3) is 0.0714. The first-order chi connectivity index (χ1) is 29.7. The van der Waals surface area contributed by atoms with Gasteiger partial charge >= 0.3 is 0 Å². The second-order valence-corrected chi connectivity index (χ2v) is 11.2. The Labute approximate surface area is 293 Å². The van der Waals surface area contributed by atoms with E-state index in [-0.39, 0.29) is 17.0 Å². The fourth-order valence-electron chi connectivity index (χ4n) is 6.58. The number of aromatic nitrogens is 4. The van der Waals surface area contributed by atoms with Gasteiger partial charge in [0.25, 0.3) is 0 Å². The number of hydrogen-bond acceptors (Lipinski definition) is 4. The van der Waals surface area contributed by atoms with E-state index in [0.29, 0.717) is 33.1 Å². The first-order valence-electron chi connectivity index (χ1n) is 22.7. The van der Waals surface area contributed by atoms with Gasteiger partial charge in [0, 0.05) is 46.3 Å². The van der Waals surface area contributed by atoms with Crippen molar-refractivity contribution >= 4 is 43.7 Å². The molecule has 0 atom stereocenters. The Morgan fingerprint density at radius 1 is 0.638 bits per heavy atom. The summed E-state index contributed by atoms with van der Waals surface area (Å²) in [4.78, 5) is 14.6. The maximum Gasteiger partial charge on any atom is 0.238 e. The summed E-state index contributed by atoms with van der Waals surface area (Å²) in [6.07, 6.45) is 0. The van der Waals surface area contributed by atoms with Gasteiger partial charge in [-0.2, -0.15) is 9.97 Å². The molecule has 1 aliphatic carbocycles. The zero-order chi connectivity index (χ0) is 45.0. The highest BCUT2D eigenvalue weighted by molar-refractivity contribution is 6.13. The van der Waals surface area contributed by atoms with Gasteiger partial charge in [-0.1, -0.05) is 129 Å². The first-order valence-corrected chi connectivity index (χ1v) is 14.7. The van der Waals surface area contributed by atoms with Gasteiger partial charge in [0.1, 0.15) is 11.2 Å². The molecule has 0 saturated heterocycles. The molecule has 0 fully saturated rings. The van der Waals surface area contributed by atoms with Crippen LogP contribution in [0.1, 0.15) is 46.8 Å². The molecule has 0 spiro atoms. The normalized spacial score (nSPS) is 18.9. The maximum atomic E-state index is 9.52. The molecule has 0 amide bonds. The number of para-hydroxylation sites is 2. The van der Waals surface area contributed by atoms with E-state index in [9.17, 15) is 5.48 Å². The van der Waals surface area contributed by atoms with E-state index in [1.165, 1.54) is 0 Å². The lowest BCUT2D eigenvalue weighted by Crippen LogP contribution is -2.17. The maximum absolute atomic E-state index is 9.52. The zero-order valence-electron chi connectivity index (χ0n) is 40.1. The summed E-state index contributed by atoms with van der Waals surface area (Å²) < 4.78 is 152. The Morgan fingerprint density at radius 2 is 1.43 bits per heavy atom. The Morgan fingerprint density at radius 3 is 2.34 bits per heavy atom. The van der Waals surface area contributed by atoms with Crippen molar-refractivity contribution in [3.63, 3.8) is 0 Å². The molecule has 3 heterocycles. The average molecular weight is 621 g/mol. The van der Waals surface area contributed by atoms with Crippen LogP contribution in [-0.4, -0.2) is 19.5 Å². The summed E-state index contributed by atoms with van der Waals surface area (Å²) in [5, 5.41) is 0.468. The van der Waals surface area contributed by atoms with Crippen molar-refractivity contribution in [1.82, 2.24) is 19.5 Å². The van der Waals surface area contributed by atoms with Gasteiger partial charge in [0.15, 0.2) is 11.6 Å². The molecular weight excluding hydrogens is 576 g/mol. The Kier molecular flexibility index (Phi) is 3.03.